The number of allylic oxidation sites excluding steroid dienone is 1. The van der Waals surface area contributed by atoms with Crippen LogP contribution in [0.4, 0.5) is 0 Å². The van der Waals surface area contributed by atoms with Gasteiger partial charge in [-0.2, -0.15) is 0 Å². The van der Waals surface area contributed by atoms with E-state index in [0.29, 0.717) is 5.89 Å². The molecule has 0 radical (unpaired) electrons. The molecule has 0 unspecified atom stereocenters. The Labute approximate surface area is 85.3 Å². The van der Waals surface area contributed by atoms with Crippen LogP contribution in [-0.2, 0) is 6.42 Å². The fraction of sp³-hybridized carbons (Fsp3) is 0.0909. The lowest BCUT2D eigenvalue weighted by atomic mass is 10.1. The van der Waals surface area contributed by atoms with Gasteiger partial charge in [0.1, 0.15) is 0 Å². The second kappa shape index (κ2) is 2.95. The maximum absolute atomic E-state index is 10.8. The molecule has 0 aliphatic heterocycles. The lowest BCUT2D eigenvalue weighted by Crippen LogP contribution is -1.93. The summed E-state index contributed by atoms with van der Waals surface area (Å²) in [4.78, 5) is 10.8. The standard InChI is InChI=1S/C11H8N2O2/c14-11-13-12-10(15-11)9-5-4-7-2-1-3-8(7)6-9/h1,3-6H,2H2,(H,13,14). The third-order valence-corrected chi connectivity index (χ3v) is 2.47. The molecule has 0 saturated carbocycles. The van der Waals surface area contributed by atoms with Crippen LogP contribution in [0.2, 0.25) is 0 Å². The Bertz CT molecular complexity index is 593. The van der Waals surface area contributed by atoms with E-state index in [-0.39, 0.29) is 0 Å². The molecule has 0 atom stereocenters. The Balaban J connectivity index is 2.13. The number of H-pyrrole nitrogens is 1. The van der Waals surface area contributed by atoms with E-state index in [1.807, 2.05) is 18.2 Å². The summed E-state index contributed by atoms with van der Waals surface area (Å²) in [6.45, 7) is 0. The second-order valence-electron chi connectivity index (χ2n) is 3.44. The molecular weight excluding hydrogens is 192 g/mol. The van der Waals surface area contributed by atoms with Crippen LogP contribution >= 0.6 is 0 Å². The Morgan fingerprint density at radius 3 is 3.13 bits per heavy atom. The van der Waals surface area contributed by atoms with Crippen LogP contribution in [0.15, 0.2) is 33.5 Å². The monoisotopic (exact) mass is 200 g/mol. The molecular formula is C11H8N2O2. The van der Waals surface area contributed by atoms with Gasteiger partial charge in [0.05, 0.1) is 0 Å². The predicted octanol–water partition coefficient (Wildman–Crippen LogP) is 1.60. The van der Waals surface area contributed by atoms with Crippen LogP contribution in [0.25, 0.3) is 17.5 Å². The van der Waals surface area contributed by atoms with E-state index in [0.717, 1.165) is 17.5 Å². The maximum Gasteiger partial charge on any atom is 0.434 e. The number of aromatic nitrogens is 2. The summed E-state index contributed by atoms with van der Waals surface area (Å²) in [5, 5.41) is 6.03. The van der Waals surface area contributed by atoms with Crippen LogP contribution in [-0.4, -0.2) is 10.2 Å². The Hall–Kier alpha value is -2.10. The molecule has 0 bridgehead atoms. The van der Waals surface area contributed by atoms with Crippen molar-refractivity contribution in [3.63, 3.8) is 0 Å². The molecule has 15 heavy (non-hydrogen) atoms. The van der Waals surface area contributed by atoms with Crippen LogP contribution in [0, 0.1) is 0 Å². The lowest BCUT2D eigenvalue weighted by Gasteiger charge is -1.99. The van der Waals surface area contributed by atoms with Gasteiger partial charge in [0.2, 0.25) is 5.89 Å². The summed E-state index contributed by atoms with van der Waals surface area (Å²) in [7, 11) is 0. The van der Waals surface area contributed by atoms with Crippen LogP contribution in [0.1, 0.15) is 11.1 Å². The van der Waals surface area contributed by atoms with E-state index >= 15 is 0 Å². The summed E-state index contributed by atoms with van der Waals surface area (Å²) >= 11 is 0. The first-order valence-electron chi connectivity index (χ1n) is 4.68. The zero-order chi connectivity index (χ0) is 10.3. The van der Waals surface area contributed by atoms with Crippen LogP contribution in [0.5, 0.6) is 0 Å². The summed E-state index contributed by atoms with van der Waals surface area (Å²) in [6.07, 6.45) is 5.14. The van der Waals surface area contributed by atoms with Gasteiger partial charge in [0, 0.05) is 5.56 Å². The summed E-state index contributed by atoms with van der Waals surface area (Å²) in [5.74, 6) is -0.191. The minimum atomic E-state index is -0.527. The minimum absolute atomic E-state index is 0.336. The fourth-order valence-corrected chi connectivity index (χ4v) is 1.74. The molecule has 1 aliphatic rings. The normalized spacial score (nSPS) is 13.1. The highest BCUT2D eigenvalue weighted by atomic mass is 16.4. The second-order valence-corrected chi connectivity index (χ2v) is 3.44. The summed E-state index contributed by atoms with van der Waals surface area (Å²) < 4.78 is 4.88. The first-order chi connectivity index (χ1) is 7.33. The van der Waals surface area contributed by atoms with E-state index in [4.69, 9.17) is 4.42 Å². The molecule has 0 spiro atoms. The Kier molecular flexibility index (Phi) is 1.62. The van der Waals surface area contributed by atoms with Gasteiger partial charge < -0.3 is 4.42 Å². The smallest absolute Gasteiger partial charge is 0.388 e. The number of rotatable bonds is 1. The molecule has 1 N–H and O–H groups in total. The lowest BCUT2D eigenvalue weighted by molar-refractivity contribution is 0.527. The third kappa shape index (κ3) is 1.30. The zero-order valence-corrected chi connectivity index (χ0v) is 7.86. The highest BCUT2D eigenvalue weighted by Crippen LogP contribution is 2.24. The van der Waals surface area contributed by atoms with E-state index in [2.05, 4.69) is 22.3 Å². The van der Waals surface area contributed by atoms with Crippen molar-refractivity contribution in [2.45, 2.75) is 6.42 Å². The third-order valence-electron chi connectivity index (χ3n) is 2.47. The van der Waals surface area contributed by atoms with E-state index in [9.17, 15) is 4.79 Å². The van der Waals surface area contributed by atoms with Crippen LogP contribution < -0.4 is 5.76 Å². The van der Waals surface area contributed by atoms with Gasteiger partial charge in [-0.15, -0.1) is 5.10 Å². The number of fused-ring (bicyclic) bond motifs is 1. The van der Waals surface area contributed by atoms with Gasteiger partial charge in [0.25, 0.3) is 0 Å². The molecule has 1 aromatic carbocycles. The number of nitrogens with one attached hydrogen (secondary N) is 1. The van der Waals surface area contributed by atoms with Crippen molar-refractivity contribution in [2.75, 3.05) is 0 Å². The van der Waals surface area contributed by atoms with Gasteiger partial charge in [-0.05, 0) is 29.7 Å². The van der Waals surface area contributed by atoms with E-state index in [1.165, 1.54) is 5.56 Å². The quantitative estimate of drug-likeness (QED) is 0.760. The zero-order valence-electron chi connectivity index (χ0n) is 7.86. The van der Waals surface area contributed by atoms with Crippen molar-refractivity contribution in [1.29, 1.82) is 0 Å². The number of nitrogens with zero attached hydrogens (tertiary/aromatic N) is 1. The van der Waals surface area contributed by atoms with Crippen molar-refractivity contribution in [3.05, 3.63) is 46.0 Å². The highest BCUT2D eigenvalue weighted by molar-refractivity contribution is 5.66. The van der Waals surface area contributed by atoms with Gasteiger partial charge >= 0.3 is 5.76 Å². The molecule has 4 nitrogen and oxygen atoms in total. The minimum Gasteiger partial charge on any atom is -0.388 e. The van der Waals surface area contributed by atoms with Gasteiger partial charge in [-0.3, -0.25) is 0 Å². The molecule has 0 fully saturated rings. The molecule has 1 aromatic heterocycles. The van der Waals surface area contributed by atoms with Crippen LogP contribution in [0.3, 0.4) is 0 Å². The average Bonchev–Trinajstić information content (AvgIpc) is 2.84. The number of hydrogen-bond acceptors (Lipinski definition) is 3. The molecule has 1 aliphatic carbocycles. The molecule has 2 aromatic rings. The van der Waals surface area contributed by atoms with Gasteiger partial charge in [-0.1, -0.05) is 18.2 Å². The molecule has 3 rings (SSSR count). The SMILES string of the molecule is O=c1[nH]nc(-c2ccc3c(c2)C=CC3)o1. The number of aromatic amines is 1. The largest absolute Gasteiger partial charge is 0.434 e. The summed E-state index contributed by atoms with van der Waals surface area (Å²) in [5.41, 5.74) is 3.27. The molecule has 74 valence electrons. The van der Waals surface area contributed by atoms with Gasteiger partial charge in [-0.25, -0.2) is 9.89 Å². The maximum atomic E-state index is 10.8. The molecule has 0 saturated heterocycles. The number of benzene rings is 1. The molecule has 0 amide bonds. The predicted molar refractivity (Wildman–Crippen MR) is 55.3 cm³/mol. The summed E-state index contributed by atoms with van der Waals surface area (Å²) in [6, 6.07) is 5.90. The molecule has 4 heteroatoms. The Morgan fingerprint density at radius 1 is 1.40 bits per heavy atom. The topological polar surface area (TPSA) is 58.9 Å². The van der Waals surface area contributed by atoms with E-state index < -0.39 is 5.76 Å². The van der Waals surface area contributed by atoms with Crippen molar-refractivity contribution < 1.29 is 4.42 Å². The highest BCUT2D eigenvalue weighted by Gasteiger charge is 2.09. The van der Waals surface area contributed by atoms with Crippen molar-refractivity contribution in [2.24, 2.45) is 0 Å². The first kappa shape index (κ1) is 8.23. The van der Waals surface area contributed by atoms with Crippen molar-refractivity contribution in [1.82, 2.24) is 10.2 Å². The van der Waals surface area contributed by atoms with Gasteiger partial charge in [0.15, 0.2) is 0 Å². The van der Waals surface area contributed by atoms with E-state index in [1.54, 1.807) is 0 Å². The first-order valence-corrected chi connectivity index (χ1v) is 4.68. The van der Waals surface area contributed by atoms with Crippen molar-refractivity contribution in [3.8, 4) is 11.5 Å². The average molecular weight is 200 g/mol. The fourth-order valence-electron chi connectivity index (χ4n) is 1.74. The number of hydrogen-bond donors (Lipinski definition) is 1. The molecule has 1 heterocycles. The van der Waals surface area contributed by atoms with Crippen molar-refractivity contribution >= 4 is 6.08 Å². The Morgan fingerprint density at radius 2 is 2.33 bits per heavy atom.